The first-order chi connectivity index (χ1) is 10.6. The molecule has 2 heterocycles. The monoisotopic (exact) mass is 464 g/mol. The van der Waals surface area contributed by atoms with Crippen LogP contribution < -0.4 is 10.6 Å². The maximum absolute atomic E-state index is 4.56. The molecule has 0 saturated heterocycles. The zero-order valence-corrected chi connectivity index (χ0v) is 18.0. The van der Waals surface area contributed by atoms with Crippen LogP contribution in [-0.2, 0) is 6.42 Å². The van der Waals surface area contributed by atoms with Crippen LogP contribution in [0, 0.1) is 13.8 Å². The number of hydrogen-bond acceptors (Lipinski definition) is 4. The summed E-state index contributed by atoms with van der Waals surface area (Å²) in [5.41, 5.74) is 1.15. The zero-order valence-electron chi connectivity index (χ0n) is 14.0. The van der Waals surface area contributed by atoms with Crippen molar-refractivity contribution >= 4 is 52.6 Å². The first kappa shape index (κ1) is 20.4. The Morgan fingerprint density at radius 1 is 1.35 bits per heavy atom. The Morgan fingerprint density at radius 3 is 2.70 bits per heavy atom. The Bertz CT molecular complexity index is 588. The summed E-state index contributed by atoms with van der Waals surface area (Å²) in [5, 5.41) is 10.1. The second-order valence-corrected chi connectivity index (χ2v) is 7.56. The fourth-order valence-corrected chi connectivity index (χ4v) is 3.80. The highest BCUT2D eigenvalue weighted by Crippen LogP contribution is 2.19. The van der Waals surface area contributed by atoms with Crippen molar-refractivity contribution in [1.82, 2.24) is 15.6 Å². The van der Waals surface area contributed by atoms with Gasteiger partial charge < -0.3 is 10.6 Å². The lowest BCUT2D eigenvalue weighted by Crippen LogP contribution is -2.39. The molecule has 0 saturated carbocycles. The fraction of sp³-hybridized carbons (Fsp3) is 0.500. The van der Waals surface area contributed by atoms with Crippen molar-refractivity contribution < 1.29 is 0 Å². The number of guanidine groups is 1. The fourth-order valence-electron chi connectivity index (χ4n) is 2.08. The Morgan fingerprint density at radius 2 is 2.13 bits per heavy atom. The Labute approximate surface area is 163 Å². The van der Waals surface area contributed by atoms with Crippen molar-refractivity contribution in [3.8, 4) is 0 Å². The largest absolute Gasteiger partial charge is 0.356 e. The van der Waals surface area contributed by atoms with Crippen molar-refractivity contribution in [3.05, 3.63) is 38.0 Å². The number of halogens is 1. The van der Waals surface area contributed by atoms with E-state index in [1.165, 1.54) is 14.8 Å². The summed E-state index contributed by atoms with van der Waals surface area (Å²) in [7, 11) is 1.81. The summed E-state index contributed by atoms with van der Waals surface area (Å²) in [6, 6.07) is 4.28. The number of thiophene rings is 1. The second-order valence-electron chi connectivity index (χ2n) is 5.30. The number of hydrogen-bond donors (Lipinski definition) is 2. The molecule has 7 heteroatoms. The minimum atomic E-state index is 0. The predicted octanol–water partition coefficient (Wildman–Crippen LogP) is 3.95. The van der Waals surface area contributed by atoms with Crippen molar-refractivity contribution in [2.75, 3.05) is 20.1 Å². The highest BCUT2D eigenvalue weighted by molar-refractivity contribution is 14.0. The van der Waals surface area contributed by atoms with Crippen molar-refractivity contribution in [2.24, 2.45) is 4.99 Å². The number of thiazole rings is 1. The van der Waals surface area contributed by atoms with Crippen LogP contribution in [0.15, 0.2) is 22.5 Å². The van der Waals surface area contributed by atoms with Crippen LogP contribution in [0.2, 0.25) is 0 Å². The minimum absolute atomic E-state index is 0. The van der Waals surface area contributed by atoms with Crippen LogP contribution in [0.3, 0.4) is 0 Å². The summed E-state index contributed by atoms with van der Waals surface area (Å²) in [6.45, 7) is 8.15. The van der Waals surface area contributed by atoms with Crippen LogP contribution >= 0.6 is 46.7 Å². The number of aromatic nitrogens is 1. The van der Waals surface area contributed by atoms with Crippen molar-refractivity contribution in [2.45, 2.75) is 33.1 Å². The molecule has 1 unspecified atom stereocenters. The average molecular weight is 464 g/mol. The van der Waals surface area contributed by atoms with Gasteiger partial charge in [0, 0.05) is 42.2 Å². The van der Waals surface area contributed by atoms with Crippen molar-refractivity contribution in [3.63, 3.8) is 0 Å². The lowest BCUT2D eigenvalue weighted by atomic mass is 10.1. The molecule has 128 valence electrons. The zero-order chi connectivity index (χ0) is 15.9. The van der Waals surface area contributed by atoms with E-state index in [9.17, 15) is 0 Å². The molecule has 0 bridgehead atoms. The standard InChI is InChI=1S/C16H24N4S2.HI/c1-11(14-6-5-9-21-14)10-19-16(17-4)18-8-7-15-20-12(2)13(3)22-15;/h5-6,9,11H,7-8,10H2,1-4H3,(H2,17,18,19);1H. The maximum Gasteiger partial charge on any atom is 0.191 e. The van der Waals surface area contributed by atoms with Gasteiger partial charge in [0.25, 0.3) is 0 Å². The molecule has 2 aromatic rings. The molecule has 0 radical (unpaired) electrons. The molecule has 2 rings (SSSR count). The molecule has 0 amide bonds. The highest BCUT2D eigenvalue weighted by atomic mass is 127. The van der Waals surface area contributed by atoms with E-state index in [1.807, 2.05) is 7.05 Å². The van der Waals surface area contributed by atoms with Gasteiger partial charge in [-0.2, -0.15) is 0 Å². The Balaban J connectivity index is 0.00000264. The summed E-state index contributed by atoms with van der Waals surface area (Å²) < 4.78 is 0. The summed E-state index contributed by atoms with van der Waals surface area (Å²) in [5.74, 6) is 1.34. The molecule has 0 spiro atoms. The van der Waals surface area contributed by atoms with E-state index in [4.69, 9.17) is 0 Å². The highest BCUT2D eigenvalue weighted by Gasteiger charge is 2.08. The minimum Gasteiger partial charge on any atom is -0.356 e. The van der Waals surface area contributed by atoms with Gasteiger partial charge in [-0.05, 0) is 25.3 Å². The lowest BCUT2D eigenvalue weighted by Gasteiger charge is -2.14. The van der Waals surface area contributed by atoms with Gasteiger partial charge in [0.05, 0.1) is 10.7 Å². The smallest absolute Gasteiger partial charge is 0.191 e. The molecular weight excluding hydrogens is 439 g/mol. The third kappa shape index (κ3) is 6.39. The molecule has 0 aliphatic heterocycles. The summed E-state index contributed by atoms with van der Waals surface area (Å²) >= 11 is 3.58. The van der Waals surface area contributed by atoms with E-state index < -0.39 is 0 Å². The van der Waals surface area contributed by atoms with Crippen molar-refractivity contribution in [1.29, 1.82) is 0 Å². The van der Waals surface area contributed by atoms with Crippen LogP contribution in [0.4, 0.5) is 0 Å². The van der Waals surface area contributed by atoms with Gasteiger partial charge in [0.2, 0.25) is 0 Å². The van der Waals surface area contributed by atoms with Gasteiger partial charge in [-0.25, -0.2) is 4.98 Å². The molecule has 2 N–H and O–H groups in total. The van der Waals surface area contributed by atoms with Gasteiger partial charge in [0.15, 0.2) is 5.96 Å². The number of nitrogens with zero attached hydrogens (tertiary/aromatic N) is 2. The third-order valence-electron chi connectivity index (χ3n) is 3.53. The van der Waals surface area contributed by atoms with Crippen LogP contribution in [0.1, 0.15) is 33.3 Å². The molecule has 4 nitrogen and oxygen atoms in total. The van der Waals surface area contributed by atoms with Crippen LogP contribution in [0.25, 0.3) is 0 Å². The number of aryl methyl sites for hydroxylation is 2. The third-order valence-corrected chi connectivity index (χ3v) is 5.77. The second kappa shape index (κ2) is 10.2. The number of aliphatic imine (C=N–C) groups is 1. The van der Waals surface area contributed by atoms with Gasteiger partial charge in [-0.3, -0.25) is 4.99 Å². The molecule has 0 aromatic carbocycles. The molecule has 23 heavy (non-hydrogen) atoms. The van der Waals surface area contributed by atoms with E-state index in [0.29, 0.717) is 5.92 Å². The first-order valence-electron chi connectivity index (χ1n) is 7.51. The molecule has 0 aliphatic rings. The van der Waals surface area contributed by atoms with E-state index >= 15 is 0 Å². The molecular formula is C16H25IN4S2. The molecule has 0 aliphatic carbocycles. The first-order valence-corrected chi connectivity index (χ1v) is 9.20. The normalized spacial score (nSPS) is 12.6. The van der Waals surface area contributed by atoms with Crippen LogP contribution in [-0.4, -0.2) is 31.1 Å². The summed E-state index contributed by atoms with van der Waals surface area (Å²) in [4.78, 5) is 11.5. The maximum atomic E-state index is 4.56. The predicted molar refractivity (Wildman–Crippen MR) is 113 cm³/mol. The van der Waals surface area contributed by atoms with Gasteiger partial charge in [0.1, 0.15) is 0 Å². The SMILES string of the molecule is CN=C(NCCc1nc(C)c(C)s1)NCC(C)c1cccs1.I. The lowest BCUT2D eigenvalue weighted by molar-refractivity contribution is 0.706. The van der Waals surface area contributed by atoms with Gasteiger partial charge >= 0.3 is 0 Å². The van der Waals surface area contributed by atoms with E-state index in [1.54, 1.807) is 22.7 Å². The quantitative estimate of drug-likeness (QED) is 0.387. The average Bonchev–Trinajstić information content (AvgIpc) is 3.13. The van der Waals surface area contributed by atoms with Gasteiger partial charge in [-0.15, -0.1) is 46.7 Å². The Hall–Kier alpha value is -0.670. The van der Waals surface area contributed by atoms with Crippen LogP contribution in [0.5, 0.6) is 0 Å². The van der Waals surface area contributed by atoms with E-state index in [2.05, 4.69) is 58.9 Å². The number of nitrogens with one attached hydrogen (secondary N) is 2. The van der Waals surface area contributed by atoms with E-state index in [0.717, 1.165) is 31.2 Å². The Kier molecular flexibility index (Phi) is 9.08. The number of rotatable bonds is 6. The van der Waals surface area contributed by atoms with E-state index in [-0.39, 0.29) is 24.0 Å². The molecule has 1 atom stereocenters. The van der Waals surface area contributed by atoms with Gasteiger partial charge in [-0.1, -0.05) is 13.0 Å². The molecule has 2 aromatic heterocycles. The summed E-state index contributed by atoms with van der Waals surface area (Å²) in [6.07, 6.45) is 0.931. The topological polar surface area (TPSA) is 49.3 Å². The molecule has 0 fully saturated rings.